The van der Waals surface area contributed by atoms with E-state index in [1.54, 1.807) is 20.8 Å². The predicted octanol–water partition coefficient (Wildman–Crippen LogP) is 5.14. The van der Waals surface area contributed by atoms with Crippen molar-refractivity contribution in [3.8, 4) is 5.75 Å². The third-order valence-electron chi connectivity index (χ3n) is 3.58. The van der Waals surface area contributed by atoms with Gasteiger partial charge >= 0.3 is 12.3 Å². The Labute approximate surface area is 149 Å². The molecular formula is C17H21ClF3NO3. The highest BCUT2D eigenvalue weighted by Crippen LogP contribution is 2.35. The molecule has 8 heteroatoms. The molecule has 4 nitrogen and oxygen atoms in total. The lowest BCUT2D eigenvalue weighted by molar-refractivity contribution is -0.137. The Morgan fingerprint density at radius 2 is 1.96 bits per heavy atom. The molecule has 1 heterocycles. The van der Waals surface area contributed by atoms with Gasteiger partial charge in [-0.15, -0.1) is 0 Å². The average Bonchev–Trinajstić information content (AvgIpc) is 2.47. The third-order valence-corrected chi connectivity index (χ3v) is 3.89. The standard InChI is InChI=1S/C17H21ClF3NO3/c1-16(2,3)25-15(23)22-8-4-5-12(10-22)24-14-9-11(17(19,20)21)6-7-13(14)18/h6-7,9,12H,4-5,8,10H2,1-3H3/t12-/m0/s1. The number of halogens is 4. The second-order valence-electron chi connectivity index (χ2n) is 6.95. The molecule has 0 saturated carbocycles. The molecule has 0 unspecified atom stereocenters. The number of nitrogens with zero attached hydrogens (tertiary/aromatic N) is 1. The molecule has 1 aromatic rings. The minimum absolute atomic E-state index is 0.0347. The molecule has 140 valence electrons. The van der Waals surface area contributed by atoms with E-state index in [4.69, 9.17) is 21.1 Å². The van der Waals surface area contributed by atoms with Crippen LogP contribution >= 0.6 is 11.6 Å². The summed E-state index contributed by atoms with van der Waals surface area (Å²) in [5.74, 6) is -0.0347. The Morgan fingerprint density at radius 3 is 2.56 bits per heavy atom. The Bertz CT molecular complexity index is 629. The SMILES string of the molecule is CC(C)(C)OC(=O)N1CCC[C@H](Oc2cc(C(F)(F)F)ccc2Cl)C1. The number of carbonyl (C=O) groups is 1. The van der Waals surface area contributed by atoms with E-state index >= 15 is 0 Å². The highest BCUT2D eigenvalue weighted by atomic mass is 35.5. The number of piperidine rings is 1. The predicted molar refractivity (Wildman–Crippen MR) is 87.9 cm³/mol. The summed E-state index contributed by atoms with van der Waals surface area (Å²) < 4.78 is 49.5. The van der Waals surface area contributed by atoms with E-state index in [1.165, 1.54) is 4.90 Å². The topological polar surface area (TPSA) is 38.8 Å². The van der Waals surface area contributed by atoms with Gasteiger partial charge in [0, 0.05) is 6.54 Å². The van der Waals surface area contributed by atoms with Gasteiger partial charge in [0.15, 0.2) is 0 Å². The van der Waals surface area contributed by atoms with Crippen molar-refractivity contribution >= 4 is 17.7 Å². The van der Waals surface area contributed by atoms with Crippen molar-refractivity contribution in [1.29, 1.82) is 0 Å². The van der Waals surface area contributed by atoms with Gasteiger partial charge in [-0.05, 0) is 51.8 Å². The summed E-state index contributed by atoms with van der Waals surface area (Å²) in [6, 6.07) is 2.95. The largest absolute Gasteiger partial charge is 0.487 e. The lowest BCUT2D eigenvalue weighted by atomic mass is 10.1. The molecule has 0 radical (unpaired) electrons. The first-order valence-corrected chi connectivity index (χ1v) is 8.35. The fourth-order valence-electron chi connectivity index (χ4n) is 2.48. The van der Waals surface area contributed by atoms with E-state index in [0.717, 1.165) is 18.2 Å². The maximum absolute atomic E-state index is 12.8. The van der Waals surface area contributed by atoms with Crippen LogP contribution in [0.15, 0.2) is 18.2 Å². The van der Waals surface area contributed by atoms with E-state index in [1.807, 2.05) is 0 Å². The molecule has 1 fully saturated rings. The summed E-state index contributed by atoms with van der Waals surface area (Å²) in [4.78, 5) is 13.6. The second-order valence-corrected chi connectivity index (χ2v) is 7.36. The molecule has 0 aromatic heterocycles. The monoisotopic (exact) mass is 379 g/mol. The molecule has 1 aliphatic rings. The summed E-state index contributed by atoms with van der Waals surface area (Å²) >= 11 is 5.95. The summed E-state index contributed by atoms with van der Waals surface area (Å²) in [7, 11) is 0. The van der Waals surface area contributed by atoms with Crippen molar-refractivity contribution in [3.05, 3.63) is 28.8 Å². The normalized spacial score (nSPS) is 18.8. The molecule has 0 N–H and O–H groups in total. The quantitative estimate of drug-likeness (QED) is 0.714. The Morgan fingerprint density at radius 1 is 1.28 bits per heavy atom. The fourth-order valence-corrected chi connectivity index (χ4v) is 2.64. The van der Waals surface area contributed by atoms with Gasteiger partial charge in [-0.3, -0.25) is 0 Å². The molecule has 2 rings (SSSR count). The van der Waals surface area contributed by atoms with Crippen molar-refractivity contribution in [2.24, 2.45) is 0 Å². The van der Waals surface area contributed by atoms with Crippen molar-refractivity contribution in [2.75, 3.05) is 13.1 Å². The van der Waals surface area contributed by atoms with E-state index in [-0.39, 0.29) is 17.3 Å². The minimum Gasteiger partial charge on any atom is -0.487 e. The van der Waals surface area contributed by atoms with Crippen molar-refractivity contribution in [3.63, 3.8) is 0 Å². The molecule has 0 bridgehead atoms. The number of hydrogen-bond donors (Lipinski definition) is 0. The molecule has 0 spiro atoms. The minimum atomic E-state index is -4.47. The van der Waals surface area contributed by atoms with Gasteiger partial charge in [-0.25, -0.2) is 4.79 Å². The van der Waals surface area contributed by atoms with E-state index in [0.29, 0.717) is 19.4 Å². The van der Waals surface area contributed by atoms with Crippen LogP contribution in [0.2, 0.25) is 5.02 Å². The molecule has 1 saturated heterocycles. The highest BCUT2D eigenvalue weighted by Gasteiger charge is 2.32. The summed E-state index contributed by atoms with van der Waals surface area (Å²) in [5.41, 5.74) is -1.44. The van der Waals surface area contributed by atoms with Gasteiger partial charge in [0.05, 0.1) is 17.1 Å². The number of alkyl halides is 3. The van der Waals surface area contributed by atoms with Crippen LogP contribution in [0.5, 0.6) is 5.75 Å². The lowest BCUT2D eigenvalue weighted by Gasteiger charge is -2.34. The molecule has 1 aromatic carbocycles. The number of benzene rings is 1. The van der Waals surface area contributed by atoms with Gasteiger partial charge in [-0.2, -0.15) is 13.2 Å². The van der Waals surface area contributed by atoms with Crippen molar-refractivity contribution in [1.82, 2.24) is 4.90 Å². The van der Waals surface area contributed by atoms with Crippen LogP contribution in [0.25, 0.3) is 0 Å². The molecule has 0 aliphatic carbocycles. The summed E-state index contributed by atoms with van der Waals surface area (Å²) in [5, 5.41) is 0.0994. The van der Waals surface area contributed by atoms with E-state index < -0.39 is 29.5 Å². The number of hydrogen-bond acceptors (Lipinski definition) is 3. The number of ether oxygens (including phenoxy) is 2. The second kappa shape index (κ2) is 7.32. The zero-order chi connectivity index (χ0) is 18.8. The average molecular weight is 380 g/mol. The fraction of sp³-hybridized carbons (Fsp3) is 0.588. The lowest BCUT2D eigenvalue weighted by Crippen LogP contribution is -2.46. The highest BCUT2D eigenvalue weighted by molar-refractivity contribution is 6.32. The van der Waals surface area contributed by atoms with Gasteiger partial charge in [0.25, 0.3) is 0 Å². The first-order chi connectivity index (χ1) is 11.5. The van der Waals surface area contributed by atoms with Gasteiger partial charge < -0.3 is 14.4 Å². The van der Waals surface area contributed by atoms with Crippen molar-refractivity contribution < 1.29 is 27.4 Å². The first kappa shape index (κ1) is 19.7. The Hall–Kier alpha value is -1.63. The van der Waals surface area contributed by atoms with E-state index in [2.05, 4.69) is 0 Å². The summed E-state index contributed by atoms with van der Waals surface area (Å²) in [6.07, 6.45) is -4.09. The van der Waals surface area contributed by atoms with Crippen LogP contribution in [0, 0.1) is 0 Å². The van der Waals surface area contributed by atoms with Crippen LogP contribution in [0.4, 0.5) is 18.0 Å². The number of rotatable bonds is 2. The zero-order valence-electron chi connectivity index (χ0n) is 14.3. The Balaban J connectivity index is 2.07. The number of likely N-dealkylation sites (tertiary alicyclic amines) is 1. The van der Waals surface area contributed by atoms with Crippen LogP contribution in [-0.2, 0) is 10.9 Å². The van der Waals surface area contributed by atoms with Gasteiger partial charge in [0.2, 0.25) is 0 Å². The number of amides is 1. The van der Waals surface area contributed by atoms with Crippen molar-refractivity contribution in [2.45, 2.75) is 51.5 Å². The summed E-state index contributed by atoms with van der Waals surface area (Å²) in [6.45, 7) is 6.06. The molecular weight excluding hydrogens is 359 g/mol. The van der Waals surface area contributed by atoms with Crippen LogP contribution in [-0.4, -0.2) is 35.8 Å². The molecule has 1 atom stereocenters. The molecule has 25 heavy (non-hydrogen) atoms. The Kier molecular flexibility index (Phi) is 5.76. The first-order valence-electron chi connectivity index (χ1n) is 7.97. The van der Waals surface area contributed by atoms with E-state index in [9.17, 15) is 18.0 Å². The number of carbonyl (C=O) groups excluding carboxylic acids is 1. The van der Waals surface area contributed by atoms with Crippen LogP contribution < -0.4 is 4.74 Å². The zero-order valence-corrected chi connectivity index (χ0v) is 15.1. The molecule has 1 aliphatic heterocycles. The van der Waals surface area contributed by atoms with Gasteiger partial charge in [0.1, 0.15) is 17.5 Å². The maximum Gasteiger partial charge on any atom is 0.416 e. The van der Waals surface area contributed by atoms with Crippen LogP contribution in [0.3, 0.4) is 0 Å². The molecule has 1 amide bonds. The third kappa shape index (κ3) is 5.70. The smallest absolute Gasteiger partial charge is 0.416 e. The maximum atomic E-state index is 12.8. The van der Waals surface area contributed by atoms with Crippen LogP contribution in [0.1, 0.15) is 39.2 Å². The van der Waals surface area contributed by atoms with Gasteiger partial charge in [-0.1, -0.05) is 11.6 Å².